The highest BCUT2D eigenvalue weighted by Crippen LogP contribution is 2.15. The first-order valence-electron chi connectivity index (χ1n) is 6.92. The Morgan fingerprint density at radius 1 is 1.26 bits per heavy atom. The molecule has 1 heterocycles. The molecule has 0 spiro atoms. The summed E-state index contributed by atoms with van der Waals surface area (Å²) in [7, 11) is 1.55. The minimum Gasteiger partial charge on any atom is -0.497 e. The van der Waals surface area contributed by atoms with E-state index in [-0.39, 0.29) is 24.4 Å². The molecule has 0 radical (unpaired) electrons. The van der Waals surface area contributed by atoms with Crippen molar-refractivity contribution in [1.82, 2.24) is 10.3 Å². The Balaban J connectivity index is 2.17. The second kappa shape index (κ2) is 7.71. The van der Waals surface area contributed by atoms with Crippen molar-refractivity contribution in [2.75, 3.05) is 13.7 Å². The number of nitrogens with zero attached hydrogens (tertiary/aromatic N) is 2. The van der Waals surface area contributed by atoms with Crippen LogP contribution in [0.15, 0.2) is 42.6 Å². The van der Waals surface area contributed by atoms with Crippen molar-refractivity contribution in [1.29, 1.82) is 5.26 Å². The predicted octanol–water partition coefficient (Wildman–Crippen LogP) is 1.77. The molecule has 0 atom stereocenters. The van der Waals surface area contributed by atoms with E-state index >= 15 is 0 Å². The molecule has 0 unspecified atom stereocenters. The summed E-state index contributed by atoms with van der Waals surface area (Å²) < 4.78 is 5.05. The number of ether oxygens (including phenoxy) is 1. The zero-order valence-electron chi connectivity index (χ0n) is 12.6. The Morgan fingerprint density at radius 2 is 2.00 bits per heavy atom. The molecular formula is C17H15N3O3. The molecule has 23 heavy (non-hydrogen) atoms. The number of Topliss-reactive ketones (excluding diaryl/α,β-unsaturated/α-hetero) is 1. The van der Waals surface area contributed by atoms with Crippen LogP contribution in [0.4, 0.5) is 0 Å². The number of rotatable bonds is 6. The summed E-state index contributed by atoms with van der Waals surface area (Å²) in [6, 6.07) is 11.9. The van der Waals surface area contributed by atoms with Gasteiger partial charge in [0.25, 0.3) is 5.91 Å². The van der Waals surface area contributed by atoms with Gasteiger partial charge in [-0.15, -0.1) is 0 Å². The van der Waals surface area contributed by atoms with Gasteiger partial charge in [-0.3, -0.25) is 14.6 Å². The SMILES string of the molecule is COc1ccc(C(=O)Cc2cccnc2C(=O)NCC#N)cc1. The third kappa shape index (κ3) is 4.14. The first-order valence-corrected chi connectivity index (χ1v) is 6.92. The molecule has 2 rings (SSSR count). The lowest BCUT2D eigenvalue weighted by Crippen LogP contribution is -2.26. The quantitative estimate of drug-likeness (QED) is 0.648. The van der Waals surface area contributed by atoms with Crippen LogP contribution in [0.25, 0.3) is 0 Å². The van der Waals surface area contributed by atoms with Crippen molar-refractivity contribution in [3.8, 4) is 11.8 Å². The van der Waals surface area contributed by atoms with E-state index in [1.807, 2.05) is 6.07 Å². The number of ketones is 1. The third-order valence-corrected chi connectivity index (χ3v) is 3.20. The summed E-state index contributed by atoms with van der Waals surface area (Å²) >= 11 is 0. The van der Waals surface area contributed by atoms with Crippen LogP contribution in [0.3, 0.4) is 0 Å². The topological polar surface area (TPSA) is 92.1 Å². The number of amides is 1. The normalized spacial score (nSPS) is 9.74. The van der Waals surface area contributed by atoms with E-state index in [1.54, 1.807) is 43.5 Å². The summed E-state index contributed by atoms with van der Waals surface area (Å²) in [4.78, 5) is 28.3. The molecule has 0 bridgehead atoms. The van der Waals surface area contributed by atoms with Crippen molar-refractivity contribution >= 4 is 11.7 Å². The average molecular weight is 309 g/mol. The van der Waals surface area contributed by atoms with Gasteiger partial charge >= 0.3 is 0 Å². The van der Waals surface area contributed by atoms with Crippen LogP contribution in [0.1, 0.15) is 26.4 Å². The third-order valence-electron chi connectivity index (χ3n) is 3.20. The van der Waals surface area contributed by atoms with E-state index in [4.69, 9.17) is 10.00 Å². The molecule has 0 fully saturated rings. The standard InChI is InChI=1S/C17H15N3O3/c1-23-14-6-4-12(5-7-14)15(21)11-13-3-2-9-19-16(13)17(22)20-10-8-18/h2-7,9H,10-11H2,1H3,(H,20,22). The van der Waals surface area contributed by atoms with Crippen LogP contribution < -0.4 is 10.1 Å². The van der Waals surface area contributed by atoms with Crippen LogP contribution in [0.2, 0.25) is 0 Å². The van der Waals surface area contributed by atoms with Gasteiger partial charge in [-0.1, -0.05) is 6.07 Å². The highest BCUT2D eigenvalue weighted by molar-refractivity contribution is 6.00. The summed E-state index contributed by atoms with van der Waals surface area (Å²) in [5, 5.41) is 10.9. The van der Waals surface area contributed by atoms with Gasteiger partial charge in [-0.25, -0.2) is 0 Å². The minimum absolute atomic E-state index is 0.0511. The largest absolute Gasteiger partial charge is 0.497 e. The van der Waals surface area contributed by atoms with Crippen molar-refractivity contribution in [3.63, 3.8) is 0 Å². The van der Waals surface area contributed by atoms with Crippen LogP contribution in [-0.4, -0.2) is 30.3 Å². The Bertz CT molecular complexity index is 748. The number of nitriles is 1. The number of carbonyl (C=O) groups is 2. The average Bonchev–Trinajstić information content (AvgIpc) is 2.60. The van der Waals surface area contributed by atoms with Gasteiger partial charge in [0.1, 0.15) is 18.0 Å². The first kappa shape index (κ1) is 16.2. The molecule has 0 aliphatic carbocycles. The predicted molar refractivity (Wildman–Crippen MR) is 83.2 cm³/mol. The molecule has 0 saturated carbocycles. The number of carbonyl (C=O) groups excluding carboxylic acids is 2. The van der Waals surface area contributed by atoms with Crippen LogP contribution >= 0.6 is 0 Å². The van der Waals surface area contributed by atoms with Crippen LogP contribution in [0, 0.1) is 11.3 Å². The maximum atomic E-state index is 12.3. The van der Waals surface area contributed by atoms with Crippen molar-refractivity contribution in [3.05, 3.63) is 59.4 Å². The molecule has 116 valence electrons. The van der Waals surface area contributed by atoms with Gasteiger partial charge in [-0.05, 0) is 35.9 Å². The number of benzene rings is 1. The first-order chi connectivity index (χ1) is 11.2. The van der Waals surface area contributed by atoms with Gasteiger partial charge in [0.05, 0.1) is 13.2 Å². The lowest BCUT2D eigenvalue weighted by molar-refractivity contribution is 0.0952. The molecule has 2 aromatic rings. The molecule has 1 amide bonds. The highest BCUT2D eigenvalue weighted by atomic mass is 16.5. The second-order valence-corrected chi connectivity index (χ2v) is 4.68. The van der Waals surface area contributed by atoms with Gasteiger partial charge in [0.15, 0.2) is 5.78 Å². The van der Waals surface area contributed by atoms with Crippen LogP contribution in [-0.2, 0) is 6.42 Å². The highest BCUT2D eigenvalue weighted by Gasteiger charge is 2.16. The van der Waals surface area contributed by atoms with Crippen molar-refractivity contribution in [2.24, 2.45) is 0 Å². The van der Waals surface area contributed by atoms with E-state index in [0.717, 1.165) is 0 Å². The molecule has 0 saturated heterocycles. The number of nitrogens with one attached hydrogen (secondary N) is 1. The lowest BCUT2D eigenvalue weighted by atomic mass is 10.0. The zero-order chi connectivity index (χ0) is 16.7. The van der Waals surface area contributed by atoms with Crippen molar-refractivity contribution in [2.45, 2.75) is 6.42 Å². The maximum Gasteiger partial charge on any atom is 0.270 e. The smallest absolute Gasteiger partial charge is 0.270 e. The van der Waals surface area contributed by atoms with Gasteiger partial charge in [0.2, 0.25) is 0 Å². The van der Waals surface area contributed by atoms with Crippen LogP contribution in [0.5, 0.6) is 5.75 Å². The van der Waals surface area contributed by atoms with E-state index in [1.165, 1.54) is 6.20 Å². The van der Waals surface area contributed by atoms with E-state index in [2.05, 4.69) is 10.3 Å². The van der Waals surface area contributed by atoms with Crippen molar-refractivity contribution < 1.29 is 14.3 Å². The Labute approximate surface area is 133 Å². The number of methoxy groups -OCH3 is 1. The van der Waals surface area contributed by atoms with Gasteiger partial charge < -0.3 is 10.1 Å². The van der Waals surface area contributed by atoms with E-state index < -0.39 is 5.91 Å². The summed E-state index contributed by atoms with van der Waals surface area (Å²) in [6.45, 7) is -0.110. The molecule has 1 aromatic carbocycles. The molecule has 6 heteroatoms. The molecule has 0 aliphatic rings. The van der Waals surface area contributed by atoms with Gasteiger partial charge in [0, 0.05) is 18.2 Å². The van der Waals surface area contributed by atoms with E-state index in [9.17, 15) is 9.59 Å². The fourth-order valence-corrected chi connectivity index (χ4v) is 2.04. The summed E-state index contributed by atoms with van der Waals surface area (Å²) in [6.07, 6.45) is 1.53. The molecule has 0 aliphatic heterocycles. The number of hydrogen-bond acceptors (Lipinski definition) is 5. The van der Waals surface area contributed by atoms with E-state index in [0.29, 0.717) is 16.9 Å². The molecule has 1 N–H and O–H groups in total. The number of pyridine rings is 1. The lowest BCUT2D eigenvalue weighted by Gasteiger charge is -2.08. The number of aromatic nitrogens is 1. The fraction of sp³-hybridized carbons (Fsp3) is 0.176. The Hall–Kier alpha value is -3.20. The second-order valence-electron chi connectivity index (χ2n) is 4.68. The number of hydrogen-bond donors (Lipinski definition) is 1. The fourth-order valence-electron chi connectivity index (χ4n) is 2.04. The summed E-state index contributed by atoms with van der Waals surface area (Å²) in [5.41, 5.74) is 1.20. The molecular weight excluding hydrogens is 294 g/mol. The molecule has 6 nitrogen and oxygen atoms in total. The summed E-state index contributed by atoms with van der Waals surface area (Å²) in [5.74, 6) is 0.0687. The molecule has 1 aromatic heterocycles. The maximum absolute atomic E-state index is 12.3. The van der Waals surface area contributed by atoms with Gasteiger partial charge in [-0.2, -0.15) is 5.26 Å². The zero-order valence-corrected chi connectivity index (χ0v) is 12.6. The Kier molecular flexibility index (Phi) is 5.42. The minimum atomic E-state index is -0.468. The monoisotopic (exact) mass is 309 g/mol. The Morgan fingerprint density at radius 3 is 2.65 bits per heavy atom.